The minimum atomic E-state index is -3.81. The van der Waals surface area contributed by atoms with Crippen LogP contribution in [0, 0.1) is 23.7 Å². The number of likely N-dealkylation sites (N-methyl/N-ethyl adjacent to an activating group) is 1. The van der Waals surface area contributed by atoms with Crippen molar-refractivity contribution in [3.63, 3.8) is 0 Å². The Morgan fingerprint density at radius 2 is 2.03 bits per heavy atom. The number of rotatable bonds is 6. The first-order valence-corrected chi connectivity index (χ1v) is 13.3. The van der Waals surface area contributed by atoms with Crippen LogP contribution < -0.4 is 4.74 Å². The van der Waals surface area contributed by atoms with Crippen molar-refractivity contribution < 1.29 is 18.3 Å². The molecule has 1 fully saturated rings. The van der Waals surface area contributed by atoms with E-state index in [2.05, 4.69) is 30.7 Å². The molecule has 1 N–H and O–H groups in total. The summed E-state index contributed by atoms with van der Waals surface area (Å²) in [6, 6.07) is 4.65. The van der Waals surface area contributed by atoms with Gasteiger partial charge in [0.1, 0.15) is 16.7 Å². The van der Waals surface area contributed by atoms with E-state index in [0.29, 0.717) is 24.8 Å². The van der Waals surface area contributed by atoms with Gasteiger partial charge in [-0.2, -0.15) is 4.31 Å². The van der Waals surface area contributed by atoms with Crippen LogP contribution in [0.5, 0.6) is 5.75 Å². The Bertz CT molecular complexity index is 931. The maximum atomic E-state index is 13.5. The zero-order chi connectivity index (χ0) is 23.3. The summed E-state index contributed by atoms with van der Waals surface area (Å²) in [6.45, 7) is 7.62. The summed E-state index contributed by atoms with van der Waals surface area (Å²) in [5.74, 6) is 7.34. The number of hydrogen-bond donors (Lipinski definition) is 1. The van der Waals surface area contributed by atoms with Crippen LogP contribution in [0.4, 0.5) is 0 Å². The normalized spacial score (nSPS) is 24.7. The fraction of sp³-hybridized carbons (Fsp3) is 0.680. The Morgan fingerprint density at radius 1 is 1.31 bits per heavy atom. The first kappa shape index (κ1) is 25.0. The van der Waals surface area contributed by atoms with Crippen LogP contribution in [-0.4, -0.2) is 68.2 Å². The van der Waals surface area contributed by atoms with Crippen LogP contribution in [0.2, 0.25) is 0 Å². The summed E-state index contributed by atoms with van der Waals surface area (Å²) in [4.78, 5) is 2.37. The number of hydrogen-bond acceptors (Lipinski definition) is 5. The molecule has 1 aliphatic carbocycles. The molecule has 2 aliphatic rings. The van der Waals surface area contributed by atoms with Crippen LogP contribution in [0.15, 0.2) is 23.1 Å². The summed E-state index contributed by atoms with van der Waals surface area (Å²) in [6.07, 6.45) is 5.60. The lowest BCUT2D eigenvalue weighted by Gasteiger charge is -2.37. The third-order valence-corrected chi connectivity index (χ3v) is 8.56. The molecule has 0 amide bonds. The number of nitrogens with zero attached hydrogens (tertiary/aromatic N) is 2. The number of fused-ring (bicyclic) bond motifs is 1. The Hall–Kier alpha value is -1.59. The summed E-state index contributed by atoms with van der Waals surface area (Å²) in [7, 11) is -1.75. The molecule has 0 bridgehead atoms. The second-order valence-corrected chi connectivity index (χ2v) is 11.3. The molecule has 3 atom stereocenters. The van der Waals surface area contributed by atoms with Crippen LogP contribution >= 0.6 is 0 Å². The lowest BCUT2D eigenvalue weighted by molar-refractivity contribution is 0.0752. The highest BCUT2D eigenvalue weighted by Crippen LogP contribution is 2.34. The highest BCUT2D eigenvalue weighted by molar-refractivity contribution is 7.89. The van der Waals surface area contributed by atoms with E-state index >= 15 is 0 Å². The molecule has 3 rings (SSSR count). The van der Waals surface area contributed by atoms with Gasteiger partial charge in [-0.15, -0.1) is 0 Å². The predicted molar refractivity (Wildman–Crippen MR) is 127 cm³/mol. The molecule has 0 spiro atoms. The second-order valence-electron chi connectivity index (χ2n) is 9.41. The average molecular weight is 463 g/mol. The van der Waals surface area contributed by atoms with E-state index in [9.17, 15) is 13.5 Å². The Labute approximate surface area is 194 Å². The van der Waals surface area contributed by atoms with E-state index < -0.39 is 16.1 Å². The third-order valence-electron chi connectivity index (χ3n) is 6.54. The van der Waals surface area contributed by atoms with Crippen LogP contribution in [0.25, 0.3) is 0 Å². The van der Waals surface area contributed by atoms with Crippen molar-refractivity contribution in [1.82, 2.24) is 9.21 Å². The molecule has 0 aromatic heterocycles. The molecular formula is C25H38N2O4S. The van der Waals surface area contributed by atoms with Crippen molar-refractivity contribution in [2.75, 3.05) is 33.3 Å². The lowest BCUT2D eigenvalue weighted by atomic mass is 10.0. The van der Waals surface area contributed by atoms with Crippen molar-refractivity contribution in [2.24, 2.45) is 11.8 Å². The van der Waals surface area contributed by atoms with E-state index in [1.54, 1.807) is 25.1 Å². The van der Waals surface area contributed by atoms with Crippen LogP contribution in [0.3, 0.4) is 0 Å². The molecule has 1 aromatic carbocycles. The monoisotopic (exact) mass is 462 g/mol. The number of benzene rings is 1. The number of aliphatic hydroxyl groups is 1. The van der Waals surface area contributed by atoms with Gasteiger partial charge >= 0.3 is 0 Å². The lowest BCUT2D eigenvalue weighted by Crippen LogP contribution is -2.49. The summed E-state index contributed by atoms with van der Waals surface area (Å²) in [5.41, 5.74) is 0.779. The van der Waals surface area contributed by atoms with E-state index in [4.69, 9.17) is 4.74 Å². The standard InChI is InChI=1S/C25H38N2O4S/c1-5-14-26(4)17-24-19(2)16-27(20(3)18-28)32(29,30)25-13-12-22(15-23(25)31-24)11-10-21-8-6-7-9-21/h12-13,15,19-21,24,28H,5-9,14,16-18H2,1-4H3/t19-,20-,24-/m0/s1. The minimum absolute atomic E-state index is 0.0422. The zero-order valence-electron chi connectivity index (χ0n) is 19.9. The average Bonchev–Trinajstić information content (AvgIpc) is 3.28. The highest BCUT2D eigenvalue weighted by atomic mass is 32.2. The molecule has 0 unspecified atom stereocenters. The van der Waals surface area contributed by atoms with E-state index in [1.807, 2.05) is 6.92 Å². The highest BCUT2D eigenvalue weighted by Gasteiger charge is 2.38. The fourth-order valence-corrected chi connectivity index (χ4v) is 6.38. The summed E-state index contributed by atoms with van der Waals surface area (Å²) < 4.78 is 34.9. The first-order chi connectivity index (χ1) is 15.3. The predicted octanol–water partition coefficient (Wildman–Crippen LogP) is 3.34. The SMILES string of the molecule is CCCN(C)C[C@@H]1Oc2cc(C#CC3CCCC3)ccc2S(=O)(=O)N([C@@H](C)CO)C[C@@H]1C. The van der Waals surface area contributed by atoms with E-state index in [1.165, 1.54) is 17.1 Å². The van der Waals surface area contributed by atoms with Crippen molar-refractivity contribution in [3.05, 3.63) is 23.8 Å². The van der Waals surface area contributed by atoms with E-state index in [-0.39, 0.29) is 23.5 Å². The van der Waals surface area contributed by atoms with Gasteiger partial charge in [-0.25, -0.2) is 8.42 Å². The summed E-state index contributed by atoms with van der Waals surface area (Å²) in [5, 5.41) is 9.75. The van der Waals surface area contributed by atoms with Crippen molar-refractivity contribution >= 4 is 10.0 Å². The fourth-order valence-electron chi connectivity index (χ4n) is 4.56. The molecule has 32 heavy (non-hydrogen) atoms. The largest absolute Gasteiger partial charge is 0.487 e. The number of ether oxygens (including phenoxy) is 1. The van der Waals surface area contributed by atoms with Gasteiger partial charge < -0.3 is 14.7 Å². The van der Waals surface area contributed by atoms with Crippen LogP contribution in [0.1, 0.15) is 58.4 Å². The van der Waals surface area contributed by atoms with Gasteiger partial charge in [0.15, 0.2) is 0 Å². The van der Waals surface area contributed by atoms with Gasteiger partial charge in [-0.3, -0.25) is 0 Å². The topological polar surface area (TPSA) is 70.1 Å². The maximum absolute atomic E-state index is 13.5. The molecule has 178 valence electrons. The third kappa shape index (κ3) is 5.85. The van der Waals surface area contributed by atoms with Gasteiger partial charge in [0.05, 0.1) is 6.61 Å². The van der Waals surface area contributed by atoms with Gasteiger partial charge in [-0.1, -0.05) is 38.5 Å². The molecule has 6 nitrogen and oxygen atoms in total. The van der Waals surface area contributed by atoms with Gasteiger partial charge in [0.25, 0.3) is 0 Å². The summed E-state index contributed by atoms with van der Waals surface area (Å²) >= 11 is 0. The van der Waals surface area contributed by atoms with Gasteiger partial charge in [0.2, 0.25) is 10.0 Å². The van der Waals surface area contributed by atoms with E-state index in [0.717, 1.165) is 31.4 Å². The minimum Gasteiger partial charge on any atom is -0.487 e. The zero-order valence-corrected chi connectivity index (χ0v) is 20.7. The second kappa shape index (κ2) is 11.0. The van der Waals surface area contributed by atoms with Crippen molar-refractivity contribution in [3.8, 4) is 17.6 Å². The van der Waals surface area contributed by atoms with Crippen LogP contribution in [-0.2, 0) is 10.0 Å². The molecular weight excluding hydrogens is 424 g/mol. The number of aliphatic hydroxyl groups excluding tert-OH is 1. The molecule has 7 heteroatoms. The Kier molecular flexibility index (Phi) is 8.62. The molecule has 1 saturated carbocycles. The molecule has 1 aliphatic heterocycles. The van der Waals surface area contributed by atoms with Crippen molar-refractivity contribution in [1.29, 1.82) is 0 Å². The quantitative estimate of drug-likeness (QED) is 0.657. The number of sulfonamides is 1. The molecule has 0 radical (unpaired) electrons. The smallest absolute Gasteiger partial charge is 0.247 e. The molecule has 1 heterocycles. The first-order valence-electron chi connectivity index (χ1n) is 11.9. The maximum Gasteiger partial charge on any atom is 0.247 e. The molecule has 0 saturated heterocycles. The Balaban J connectivity index is 2.01. The van der Waals surface area contributed by atoms with Gasteiger partial charge in [-0.05, 0) is 58.0 Å². The van der Waals surface area contributed by atoms with Gasteiger partial charge in [0, 0.05) is 36.5 Å². The Morgan fingerprint density at radius 3 is 2.69 bits per heavy atom. The van der Waals surface area contributed by atoms with Crippen molar-refractivity contribution in [2.45, 2.75) is 69.9 Å². The molecule has 1 aromatic rings.